The van der Waals surface area contributed by atoms with Crippen molar-refractivity contribution < 1.29 is 38.5 Å². The molecule has 3 aromatic rings. The number of carbonyl (C=O) groups excluding carboxylic acids is 3. The number of ether oxygens (including phenoxy) is 3. The number of hydrogen-bond acceptors (Lipinski definition) is 7. The molecule has 1 heterocycles. The van der Waals surface area contributed by atoms with Gasteiger partial charge < -0.3 is 19.3 Å². The maximum absolute atomic E-state index is 13.5. The van der Waals surface area contributed by atoms with Crippen LogP contribution in [0.1, 0.15) is 23.1 Å². The normalized spacial score (nSPS) is 17.2. The third-order valence-electron chi connectivity index (χ3n) is 6.63. The minimum atomic E-state index is -1.20. The van der Waals surface area contributed by atoms with E-state index in [2.05, 4.69) is 0 Å². The van der Waals surface area contributed by atoms with Gasteiger partial charge in [-0.1, -0.05) is 103 Å². The van der Waals surface area contributed by atoms with E-state index in [-0.39, 0.29) is 32.8 Å². The molecule has 0 aromatic heterocycles. The van der Waals surface area contributed by atoms with E-state index >= 15 is 0 Å². The number of aliphatic carboxylic acids is 1. The standard InChI is InChI=1S/C33H31NO8/c35-29(36)18-10-17-27-20-34(33(39)42-23-26-15-8-3-9-16-26)31(32(38)41-22-25-13-6-2-7-14-25)28(27)19-30(37)40-21-24-11-4-1-5-12-24/h1-18,28,31H,19-23H2,(H,35,36)/b18-10-,27-17+/t28-,31-/m0/s1. The molecule has 2 atom stereocenters. The quantitative estimate of drug-likeness (QED) is 0.193. The van der Waals surface area contributed by atoms with E-state index in [4.69, 9.17) is 19.3 Å². The van der Waals surface area contributed by atoms with Crippen LogP contribution in [0.4, 0.5) is 4.79 Å². The Labute approximate surface area is 243 Å². The summed E-state index contributed by atoms with van der Waals surface area (Å²) in [4.78, 5) is 52.2. The van der Waals surface area contributed by atoms with Crippen molar-refractivity contribution in [1.29, 1.82) is 0 Å². The molecular weight excluding hydrogens is 538 g/mol. The van der Waals surface area contributed by atoms with Gasteiger partial charge in [0.2, 0.25) is 0 Å². The number of benzene rings is 3. The summed E-state index contributed by atoms with van der Waals surface area (Å²) in [5.41, 5.74) is 2.79. The van der Waals surface area contributed by atoms with E-state index in [1.54, 1.807) is 24.3 Å². The van der Waals surface area contributed by atoms with Crippen LogP contribution in [0.3, 0.4) is 0 Å². The third kappa shape index (κ3) is 8.66. The molecular formula is C33H31NO8. The van der Waals surface area contributed by atoms with Crippen molar-refractivity contribution in [1.82, 2.24) is 4.90 Å². The second kappa shape index (κ2) is 15.0. The van der Waals surface area contributed by atoms with E-state index in [1.165, 1.54) is 17.1 Å². The molecule has 3 aromatic carbocycles. The number of likely N-dealkylation sites (tertiary alicyclic amines) is 1. The Morgan fingerprint density at radius 1 is 0.738 bits per heavy atom. The van der Waals surface area contributed by atoms with Gasteiger partial charge in [0.25, 0.3) is 0 Å². The van der Waals surface area contributed by atoms with Gasteiger partial charge in [-0.05, 0) is 22.3 Å². The second-order valence-electron chi connectivity index (χ2n) is 9.60. The fourth-order valence-electron chi connectivity index (χ4n) is 4.57. The molecule has 9 heteroatoms. The number of hydrogen-bond donors (Lipinski definition) is 1. The van der Waals surface area contributed by atoms with Gasteiger partial charge in [0, 0.05) is 18.5 Å². The number of esters is 2. The summed E-state index contributed by atoms with van der Waals surface area (Å²) in [5, 5.41) is 9.06. The second-order valence-corrected chi connectivity index (χ2v) is 9.60. The SMILES string of the molecule is O=C(O)/C=C\C=C1/CN(C(=O)OCc2ccccc2)[C@H](C(=O)OCc2ccccc2)[C@H]1CC(=O)OCc1ccccc1. The van der Waals surface area contributed by atoms with Gasteiger partial charge in [0.15, 0.2) is 0 Å². The zero-order chi connectivity index (χ0) is 29.7. The van der Waals surface area contributed by atoms with E-state index in [9.17, 15) is 19.2 Å². The lowest BCUT2D eigenvalue weighted by molar-refractivity contribution is -0.152. The average molecular weight is 570 g/mol. The summed E-state index contributed by atoms with van der Waals surface area (Å²) in [5.74, 6) is -3.31. The van der Waals surface area contributed by atoms with Gasteiger partial charge in [-0.3, -0.25) is 9.69 Å². The fraction of sp³-hybridized carbons (Fsp3) is 0.212. The lowest BCUT2D eigenvalue weighted by atomic mass is 9.92. The number of carbonyl (C=O) groups is 4. The highest BCUT2D eigenvalue weighted by molar-refractivity contribution is 5.85. The first-order valence-corrected chi connectivity index (χ1v) is 13.4. The maximum atomic E-state index is 13.5. The van der Waals surface area contributed by atoms with Gasteiger partial charge in [-0.2, -0.15) is 0 Å². The Morgan fingerprint density at radius 2 is 1.24 bits per heavy atom. The van der Waals surface area contributed by atoms with Crippen LogP contribution >= 0.6 is 0 Å². The van der Waals surface area contributed by atoms with Gasteiger partial charge in [0.1, 0.15) is 25.9 Å². The average Bonchev–Trinajstić information content (AvgIpc) is 3.36. The van der Waals surface area contributed by atoms with E-state index in [1.807, 2.05) is 66.7 Å². The molecule has 1 N–H and O–H groups in total. The molecule has 0 radical (unpaired) electrons. The van der Waals surface area contributed by atoms with Crippen LogP contribution in [0.15, 0.2) is 115 Å². The number of amides is 1. The van der Waals surface area contributed by atoms with Crippen molar-refractivity contribution in [3.05, 3.63) is 131 Å². The molecule has 1 amide bonds. The van der Waals surface area contributed by atoms with Gasteiger partial charge in [-0.15, -0.1) is 0 Å². The first-order valence-electron chi connectivity index (χ1n) is 13.4. The Balaban J connectivity index is 1.58. The minimum absolute atomic E-state index is 0.0241. The highest BCUT2D eigenvalue weighted by atomic mass is 16.6. The van der Waals surface area contributed by atoms with Crippen LogP contribution in [0.25, 0.3) is 0 Å². The molecule has 1 saturated heterocycles. The Hall–Kier alpha value is -5.18. The Morgan fingerprint density at radius 3 is 1.76 bits per heavy atom. The molecule has 4 rings (SSSR count). The molecule has 0 spiro atoms. The van der Waals surface area contributed by atoms with Gasteiger partial charge in [0.05, 0.1) is 6.42 Å². The molecule has 42 heavy (non-hydrogen) atoms. The number of allylic oxidation sites excluding steroid dienone is 2. The molecule has 0 unspecified atom stereocenters. The predicted octanol–water partition coefficient (Wildman–Crippen LogP) is 5.07. The summed E-state index contributed by atoms with van der Waals surface area (Å²) in [7, 11) is 0. The van der Waals surface area contributed by atoms with Crippen molar-refractivity contribution >= 4 is 24.0 Å². The van der Waals surface area contributed by atoms with Crippen molar-refractivity contribution in [2.45, 2.75) is 32.3 Å². The minimum Gasteiger partial charge on any atom is -0.478 e. The zero-order valence-corrected chi connectivity index (χ0v) is 22.8. The highest BCUT2D eigenvalue weighted by Gasteiger charge is 2.47. The van der Waals surface area contributed by atoms with Gasteiger partial charge >= 0.3 is 24.0 Å². The van der Waals surface area contributed by atoms with Crippen molar-refractivity contribution in [2.75, 3.05) is 6.54 Å². The predicted molar refractivity (Wildman–Crippen MR) is 153 cm³/mol. The molecule has 216 valence electrons. The first kappa shape index (κ1) is 29.8. The number of rotatable bonds is 11. The molecule has 1 fully saturated rings. The summed E-state index contributed by atoms with van der Waals surface area (Å²) < 4.78 is 16.6. The Kier molecular flexibility index (Phi) is 10.6. The topological polar surface area (TPSA) is 119 Å². The smallest absolute Gasteiger partial charge is 0.411 e. The van der Waals surface area contributed by atoms with Crippen molar-refractivity contribution in [2.24, 2.45) is 5.92 Å². The molecule has 0 bridgehead atoms. The zero-order valence-electron chi connectivity index (χ0n) is 22.8. The monoisotopic (exact) mass is 569 g/mol. The van der Waals surface area contributed by atoms with E-state index in [0.29, 0.717) is 5.57 Å². The summed E-state index contributed by atoms with van der Waals surface area (Å²) in [6.45, 7) is -0.0917. The van der Waals surface area contributed by atoms with Crippen LogP contribution in [0, 0.1) is 5.92 Å². The largest absolute Gasteiger partial charge is 0.478 e. The fourth-order valence-corrected chi connectivity index (χ4v) is 4.57. The molecule has 0 aliphatic carbocycles. The number of carboxylic acid groups (broad SMARTS) is 1. The molecule has 9 nitrogen and oxygen atoms in total. The van der Waals surface area contributed by atoms with Crippen LogP contribution in [-0.2, 0) is 48.4 Å². The molecule has 1 aliphatic heterocycles. The van der Waals surface area contributed by atoms with Crippen LogP contribution in [0.2, 0.25) is 0 Å². The first-order chi connectivity index (χ1) is 20.4. The van der Waals surface area contributed by atoms with E-state index < -0.39 is 36.0 Å². The lowest BCUT2D eigenvalue weighted by Crippen LogP contribution is -2.44. The maximum Gasteiger partial charge on any atom is 0.411 e. The van der Waals surface area contributed by atoms with Crippen LogP contribution in [0.5, 0.6) is 0 Å². The van der Waals surface area contributed by atoms with Crippen molar-refractivity contribution in [3.8, 4) is 0 Å². The summed E-state index contributed by atoms with van der Waals surface area (Å²) >= 11 is 0. The van der Waals surface area contributed by atoms with Crippen LogP contribution in [-0.4, -0.2) is 46.6 Å². The number of nitrogens with zero attached hydrogens (tertiary/aromatic N) is 1. The summed E-state index contributed by atoms with van der Waals surface area (Å²) in [6.07, 6.45) is 2.70. The van der Waals surface area contributed by atoms with Crippen LogP contribution < -0.4 is 0 Å². The van der Waals surface area contributed by atoms with E-state index in [0.717, 1.165) is 22.8 Å². The van der Waals surface area contributed by atoms with Gasteiger partial charge in [-0.25, -0.2) is 14.4 Å². The Bertz CT molecular complexity index is 1420. The number of carboxylic acids is 1. The lowest BCUT2D eigenvalue weighted by Gasteiger charge is -2.25. The summed E-state index contributed by atoms with van der Waals surface area (Å²) in [6, 6.07) is 26.1. The highest BCUT2D eigenvalue weighted by Crippen LogP contribution is 2.34. The third-order valence-corrected chi connectivity index (χ3v) is 6.63. The molecule has 1 aliphatic rings. The van der Waals surface area contributed by atoms with Crippen molar-refractivity contribution in [3.63, 3.8) is 0 Å². The molecule has 0 saturated carbocycles.